The maximum absolute atomic E-state index is 15.1. The number of rotatable bonds is 3. The standard InChI is InChI=1S/C21H25FN4O4/c1-11-15(24-20(29)30-21(2,3)4)10-26(11)16-7-5-12(18(22)14(16)9-23)13-6-8-17(27)25-19(13)28/h5,7,11,13,15H,6,8,10H2,1-4H3,(H,24,29)(H,25,27,28)/t11-,13?,15+/m1/s1. The Morgan fingerprint density at radius 1 is 1.37 bits per heavy atom. The predicted octanol–water partition coefficient (Wildman–Crippen LogP) is 2.32. The zero-order valence-corrected chi connectivity index (χ0v) is 17.4. The summed E-state index contributed by atoms with van der Waals surface area (Å²) in [6.07, 6.45) is -0.201. The lowest BCUT2D eigenvalue weighted by Gasteiger charge is -2.48. The van der Waals surface area contributed by atoms with E-state index in [1.165, 1.54) is 6.07 Å². The monoisotopic (exact) mass is 416 g/mol. The number of nitriles is 1. The number of imide groups is 1. The van der Waals surface area contributed by atoms with Crippen LogP contribution in [0.3, 0.4) is 0 Å². The Morgan fingerprint density at radius 2 is 2.07 bits per heavy atom. The third-order valence-corrected chi connectivity index (χ3v) is 5.36. The molecule has 1 aromatic rings. The second kappa shape index (κ2) is 7.94. The molecule has 2 heterocycles. The molecule has 2 saturated heterocycles. The fourth-order valence-electron chi connectivity index (χ4n) is 3.74. The number of amides is 3. The summed E-state index contributed by atoms with van der Waals surface area (Å²) in [5.41, 5.74) is -0.253. The maximum atomic E-state index is 15.1. The van der Waals surface area contributed by atoms with Gasteiger partial charge in [-0.25, -0.2) is 9.18 Å². The Kier molecular flexibility index (Phi) is 5.70. The minimum absolute atomic E-state index is 0.108. The lowest BCUT2D eigenvalue weighted by Crippen LogP contribution is -2.66. The number of halogens is 1. The summed E-state index contributed by atoms with van der Waals surface area (Å²) in [7, 11) is 0. The first-order chi connectivity index (χ1) is 14.0. The molecule has 3 amide bonds. The van der Waals surface area contributed by atoms with E-state index in [1.807, 2.05) is 17.9 Å². The molecule has 0 aromatic heterocycles. The van der Waals surface area contributed by atoms with E-state index < -0.39 is 29.3 Å². The topological polar surface area (TPSA) is 112 Å². The summed E-state index contributed by atoms with van der Waals surface area (Å²) in [5.74, 6) is -2.49. The normalized spacial score (nSPS) is 23.9. The molecule has 1 unspecified atom stereocenters. The first-order valence-electron chi connectivity index (χ1n) is 9.84. The van der Waals surface area contributed by atoms with Crippen molar-refractivity contribution in [1.82, 2.24) is 10.6 Å². The van der Waals surface area contributed by atoms with Crippen LogP contribution < -0.4 is 15.5 Å². The molecule has 3 atom stereocenters. The van der Waals surface area contributed by atoms with Gasteiger partial charge in [-0.3, -0.25) is 14.9 Å². The minimum Gasteiger partial charge on any atom is -0.444 e. The van der Waals surface area contributed by atoms with Gasteiger partial charge in [0, 0.05) is 24.6 Å². The Labute approximate surface area is 174 Å². The van der Waals surface area contributed by atoms with Crippen molar-refractivity contribution in [2.75, 3.05) is 11.4 Å². The van der Waals surface area contributed by atoms with Crippen molar-refractivity contribution in [3.63, 3.8) is 0 Å². The van der Waals surface area contributed by atoms with Crippen LogP contribution >= 0.6 is 0 Å². The highest BCUT2D eigenvalue weighted by Crippen LogP contribution is 2.36. The van der Waals surface area contributed by atoms with Crippen LogP contribution in [-0.2, 0) is 14.3 Å². The third-order valence-electron chi connectivity index (χ3n) is 5.36. The molecule has 160 valence electrons. The van der Waals surface area contributed by atoms with Crippen molar-refractivity contribution >= 4 is 23.6 Å². The molecule has 2 aliphatic rings. The molecule has 8 nitrogen and oxygen atoms in total. The van der Waals surface area contributed by atoms with Crippen LogP contribution in [-0.4, -0.2) is 42.1 Å². The molecule has 9 heteroatoms. The van der Waals surface area contributed by atoms with Crippen LogP contribution in [0.25, 0.3) is 0 Å². The highest BCUT2D eigenvalue weighted by molar-refractivity contribution is 6.01. The number of benzene rings is 1. The molecule has 0 saturated carbocycles. The maximum Gasteiger partial charge on any atom is 0.408 e. The van der Waals surface area contributed by atoms with Crippen LogP contribution in [0.2, 0.25) is 0 Å². The Balaban J connectivity index is 1.76. The van der Waals surface area contributed by atoms with Crippen LogP contribution in [0.1, 0.15) is 57.6 Å². The average Bonchev–Trinajstić information content (AvgIpc) is 2.63. The number of ether oxygens (including phenoxy) is 1. The summed E-state index contributed by atoms with van der Waals surface area (Å²) < 4.78 is 20.4. The minimum atomic E-state index is -0.806. The lowest BCUT2D eigenvalue weighted by atomic mass is 9.87. The molecule has 0 spiro atoms. The molecule has 0 radical (unpaired) electrons. The van der Waals surface area contributed by atoms with Gasteiger partial charge in [0.1, 0.15) is 23.1 Å². The van der Waals surface area contributed by atoms with Crippen molar-refractivity contribution in [2.45, 2.75) is 64.1 Å². The summed E-state index contributed by atoms with van der Waals surface area (Å²) in [4.78, 5) is 37.2. The van der Waals surface area contributed by atoms with E-state index in [0.717, 1.165) is 0 Å². The highest BCUT2D eigenvalue weighted by Gasteiger charge is 2.40. The van der Waals surface area contributed by atoms with E-state index in [1.54, 1.807) is 26.8 Å². The molecule has 1 aromatic carbocycles. The summed E-state index contributed by atoms with van der Waals surface area (Å²) in [6.45, 7) is 7.57. The zero-order chi connectivity index (χ0) is 22.2. The van der Waals surface area contributed by atoms with Crippen LogP contribution in [0.15, 0.2) is 12.1 Å². The van der Waals surface area contributed by atoms with Gasteiger partial charge in [0.25, 0.3) is 0 Å². The van der Waals surface area contributed by atoms with Gasteiger partial charge < -0.3 is 15.0 Å². The van der Waals surface area contributed by atoms with E-state index in [0.29, 0.717) is 12.2 Å². The molecule has 30 heavy (non-hydrogen) atoms. The predicted molar refractivity (Wildman–Crippen MR) is 106 cm³/mol. The molecule has 2 aliphatic heterocycles. The van der Waals surface area contributed by atoms with E-state index in [4.69, 9.17) is 4.74 Å². The second-order valence-electron chi connectivity index (χ2n) is 8.62. The number of anilines is 1. The van der Waals surface area contributed by atoms with E-state index >= 15 is 4.39 Å². The van der Waals surface area contributed by atoms with Gasteiger partial charge in [0.2, 0.25) is 11.8 Å². The summed E-state index contributed by atoms with van der Waals surface area (Å²) >= 11 is 0. The molecule has 3 rings (SSSR count). The smallest absolute Gasteiger partial charge is 0.408 e. The molecular weight excluding hydrogens is 391 g/mol. The van der Waals surface area contributed by atoms with E-state index in [-0.39, 0.29) is 42.0 Å². The van der Waals surface area contributed by atoms with Crippen molar-refractivity contribution in [2.24, 2.45) is 0 Å². The van der Waals surface area contributed by atoms with E-state index in [2.05, 4.69) is 10.6 Å². The Bertz CT molecular complexity index is 934. The SMILES string of the molecule is C[C@@H]1[C@@H](NC(=O)OC(C)(C)C)CN1c1ccc(C2CCC(=O)NC2=O)c(F)c1C#N. The first kappa shape index (κ1) is 21.6. The highest BCUT2D eigenvalue weighted by atomic mass is 19.1. The molecular formula is C21H25FN4O4. The summed E-state index contributed by atoms with van der Waals surface area (Å²) in [6, 6.07) is 4.62. The van der Waals surface area contributed by atoms with Gasteiger partial charge >= 0.3 is 6.09 Å². The zero-order valence-electron chi connectivity index (χ0n) is 17.4. The fourth-order valence-corrected chi connectivity index (χ4v) is 3.74. The fraction of sp³-hybridized carbons (Fsp3) is 0.524. The lowest BCUT2D eigenvalue weighted by molar-refractivity contribution is -0.134. The van der Waals surface area contributed by atoms with Crippen LogP contribution in [0.4, 0.5) is 14.9 Å². The van der Waals surface area contributed by atoms with Crippen molar-refractivity contribution in [3.8, 4) is 6.07 Å². The van der Waals surface area contributed by atoms with Crippen molar-refractivity contribution < 1.29 is 23.5 Å². The van der Waals surface area contributed by atoms with Crippen LogP contribution in [0.5, 0.6) is 0 Å². The Morgan fingerprint density at radius 3 is 2.63 bits per heavy atom. The van der Waals surface area contributed by atoms with Gasteiger partial charge in [-0.1, -0.05) is 6.07 Å². The number of piperidine rings is 1. The number of alkyl carbamates (subject to hydrolysis) is 1. The molecule has 0 aliphatic carbocycles. The quantitative estimate of drug-likeness (QED) is 0.732. The summed E-state index contributed by atoms with van der Waals surface area (Å²) in [5, 5.41) is 14.6. The number of nitrogens with zero attached hydrogens (tertiary/aromatic N) is 2. The number of carbonyl (C=O) groups excluding carboxylic acids is 3. The van der Waals surface area contributed by atoms with Gasteiger partial charge in [0.15, 0.2) is 0 Å². The van der Waals surface area contributed by atoms with Gasteiger partial charge in [-0.05, 0) is 40.2 Å². The average molecular weight is 416 g/mol. The first-order valence-corrected chi connectivity index (χ1v) is 9.84. The van der Waals surface area contributed by atoms with Gasteiger partial charge in [0.05, 0.1) is 17.6 Å². The van der Waals surface area contributed by atoms with Crippen molar-refractivity contribution in [1.29, 1.82) is 5.26 Å². The van der Waals surface area contributed by atoms with Gasteiger partial charge in [-0.2, -0.15) is 5.26 Å². The van der Waals surface area contributed by atoms with Gasteiger partial charge in [-0.15, -0.1) is 0 Å². The van der Waals surface area contributed by atoms with Crippen LogP contribution in [0, 0.1) is 17.1 Å². The number of carbonyl (C=O) groups is 3. The number of hydrogen-bond acceptors (Lipinski definition) is 6. The second-order valence-corrected chi connectivity index (χ2v) is 8.62. The molecule has 2 fully saturated rings. The molecule has 0 bridgehead atoms. The molecule has 2 N–H and O–H groups in total. The number of hydrogen-bond donors (Lipinski definition) is 2. The van der Waals surface area contributed by atoms with E-state index in [9.17, 15) is 19.6 Å². The third kappa shape index (κ3) is 4.22. The Hall–Kier alpha value is -3.15. The number of nitrogens with one attached hydrogen (secondary N) is 2. The van der Waals surface area contributed by atoms with Crippen molar-refractivity contribution in [3.05, 3.63) is 29.1 Å². The largest absolute Gasteiger partial charge is 0.444 e.